The van der Waals surface area contributed by atoms with Gasteiger partial charge in [-0.3, -0.25) is 9.69 Å². The van der Waals surface area contributed by atoms with Crippen molar-refractivity contribution in [1.29, 1.82) is 0 Å². The first kappa shape index (κ1) is 22.1. The maximum atomic E-state index is 11.2. The normalized spacial score (nSPS) is 16.8. The van der Waals surface area contributed by atoms with Crippen molar-refractivity contribution < 1.29 is 14.3 Å². The van der Waals surface area contributed by atoms with Gasteiger partial charge in [0.25, 0.3) is 0 Å². The third-order valence-electron chi connectivity index (χ3n) is 6.04. The number of piperidine rings is 1. The van der Waals surface area contributed by atoms with E-state index in [0.717, 1.165) is 66.3 Å². The highest BCUT2D eigenvalue weighted by atomic mass is 16.5. The van der Waals surface area contributed by atoms with Gasteiger partial charge in [0.2, 0.25) is 5.91 Å². The van der Waals surface area contributed by atoms with Crippen LogP contribution < -0.4 is 14.8 Å². The zero-order valence-corrected chi connectivity index (χ0v) is 19.0. The molecule has 0 saturated carbocycles. The number of pyridine rings is 1. The van der Waals surface area contributed by atoms with Gasteiger partial charge in [0, 0.05) is 44.1 Å². The molecule has 8 heteroatoms. The van der Waals surface area contributed by atoms with Crippen LogP contribution in [0.1, 0.15) is 36.9 Å². The fourth-order valence-electron chi connectivity index (χ4n) is 4.56. The molecule has 0 aliphatic carbocycles. The van der Waals surface area contributed by atoms with E-state index >= 15 is 0 Å². The number of methoxy groups -OCH3 is 2. The lowest BCUT2D eigenvalue weighted by atomic mass is 9.93. The van der Waals surface area contributed by atoms with Gasteiger partial charge in [-0.25, -0.2) is 9.67 Å². The Morgan fingerprint density at radius 1 is 1.19 bits per heavy atom. The van der Waals surface area contributed by atoms with Crippen LogP contribution >= 0.6 is 0 Å². The number of aromatic nitrogens is 3. The van der Waals surface area contributed by atoms with Gasteiger partial charge in [-0.1, -0.05) is 6.07 Å². The van der Waals surface area contributed by atoms with Crippen molar-refractivity contribution in [2.24, 2.45) is 0 Å². The number of nitrogens with one attached hydrogen (secondary N) is 1. The number of amides is 1. The van der Waals surface area contributed by atoms with Gasteiger partial charge in [-0.2, -0.15) is 5.10 Å². The van der Waals surface area contributed by atoms with Gasteiger partial charge in [-0.15, -0.1) is 0 Å². The molecule has 1 aliphatic rings. The Kier molecular flexibility index (Phi) is 6.90. The molecule has 1 aliphatic heterocycles. The maximum Gasteiger partial charge on any atom is 0.216 e. The molecular formula is C24H31N5O3. The van der Waals surface area contributed by atoms with E-state index in [-0.39, 0.29) is 5.91 Å². The second-order valence-corrected chi connectivity index (χ2v) is 8.18. The smallest absolute Gasteiger partial charge is 0.216 e. The lowest BCUT2D eigenvalue weighted by molar-refractivity contribution is -0.118. The van der Waals surface area contributed by atoms with E-state index in [1.807, 2.05) is 28.9 Å². The highest BCUT2D eigenvalue weighted by Gasteiger charge is 2.27. The molecule has 170 valence electrons. The number of ether oxygens (including phenoxy) is 2. The highest BCUT2D eigenvalue weighted by molar-refractivity contribution is 5.79. The van der Waals surface area contributed by atoms with Crippen LogP contribution in [0.25, 0.3) is 11.0 Å². The summed E-state index contributed by atoms with van der Waals surface area (Å²) in [4.78, 5) is 18.3. The summed E-state index contributed by atoms with van der Waals surface area (Å²) >= 11 is 0. The molecule has 1 N–H and O–H groups in total. The maximum absolute atomic E-state index is 11.2. The molecule has 0 bridgehead atoms. The van der Waals surface area contributed by atoms with Gasteiger partial charge in [0.15, 0.2) is 5.65 Å². The fraction of sp³-hybridized carbons (Fsp3) is 0.458. The van der Waals surface area contributed by atoms with Gasteiger partial charge in [-0.05, 0) is 43.7 Å². The molecule has 2 aromatic heterocycles. The number of nitrogens with zero attached hydrogens (tertiary/aromatic N) is 4. The molecule has 1 fully saturated rings. The van der Waals surface area contributed by atoms with E-state index in [1.54, 1.807) is 20.4 Å². The lowest BCUT2D eigenvalue weighted by Crippen LogP contribution is -2.34. The van der Waals surface area contributed by atoms with Crippen LogP contribution in [-0.2, 0) is 17.9 Å². The third kappa shape index (κ3) is 4.70. The summed E-state index contributed by atoms with van der Waals surface area (Å²) in [6.07, 6.45) is 3.98. The molecule has 1 unspecified atom stereocenters. The second-order valence-electron chi connectivity index (χ2n) is 8.18. The van der Waals surface area contributed by atoms with Crippen LogP contribution in [0.3, 0.4) is 0 Å². The van der Waals surface area contributed by atoms with Gasteiger partial charge in [0.1, 0.15) is 11.5 Å². The highest BCUT2D eigenvalue weighted by Crippen LogP contribution is 2.34. The molecule has 0 radical (unpaired) electrons. The molecule has 1 amide bonds. The van der Waals surface area contributed by atoms with Crippen LogP contribution in [0, 0.1) is 0 Å². The summed E-state index contributed by atoms with van der Waals surface area (Å²) in [5.74, 6) is 1.98. The molecule has 4 rings (SSSR count). The number of rotatable bonds is 8. The van der Waals surface area contributed by atoms with Gasteiger partial charge in [0.05, 0.1) is 32.0 Å². The van der Waals surface area contributed by atoms with E-state index in [1.165, 1.54) is 6.92 Å². The zero-order valence-electron chi connectivity index (χ0n) is 19.0. The first-order valence-electron chi connectivity index (χ1n) is 11.1. The number of likely N-dealkylation sites (tertiary alicyclic amines) is 1. The number of carbonyl (C=O) groups is 1. The standard InChI is InChI=1S/C24H31N5O3/c1-17(30)25-12-14-29-24-19(8-5-11-26-24)23(27-29)18-7-6-13-28(15-18)16-20-21(31-2)9-4-10-22(20)32-3/h4-5,8-11,18H,6-7,12-16H2,1-3H3,(H,25,30). The minimum Gasteiger partial charge on any atom is -0.496 e. The van der Waals surface area contributed by atoms with Crippen LogP contribution in [0.2, 0.25) is 0 Å². The van der Waals surface area contributed by atoms with Crippen molar-refractivity contribution in [2.45, 2.75) is 38.8 Å². The van der Waals surface area contributed by atoms with Crippen molar-refractivity contribution >= 4 is 16.9 Å². The molecule has 1 atom stereocenters. The minimum atomic E-state index is -0.0377. The van der Waals surface area contributed by atoms with Crippen molar-refractivity contribution in [3.05, 3.63) is 47.8 Å². The molecule has 3 heterocycles. The summed E-state index contributed by atoms with van der Waals surface area (Å²) in [5.41, 5.74) is 3.04. The monoisotopic (exact) mass is 437 g/mol. The van der Waals surface area contributed by atoms with Crippen molar-refractivity contribution in [3.8, 4) is 11.5 Å². The number of hydrogen-bond acceptors (Lipinski definition) is 6. The summed E-state index contributed by atoms with van der Waals surface area (Å²) < 4.78 is 13.1. The average Bonchev–Trinajstić information content (AvgIpc) is 3.18. The topological polar surface area (TPSA) is 81.5 Å². The quantitative estimate of drug-likeness (QED) is 0.584. The Balaban J connectivity index is 1.56. The Morgan fingerprint density at radius 3 is 2.69 bits per heavy atom. The van der Waals surface area contributed by atoms with Crippen LogP contribution in [0.15, 0.2) is 36.5 Å². The molecule has 8 nitrogen and oxygen atoms in total. The van der Waals surface area contributed by atoms with E-state index < -0.39 is 0 Å². The summed E-state index contributed by atoms with van der Waals surface area (Å²) in [5, 5.41) is 8.88. The predicted octanol–water partition coefficient (Wildman–Crippen LogP) is 2.96. The number of carbonyl (C=O) groups excluding carboxylic acids is 1. The van der Waals surface area contributed by atoms with Crippen molar-refractivity contribution in [1.82, 2.24) is 25.0 Å². The lowest BCUT2D eigenvalue weighted by Gasteiger charge is -2.32. The fourth-order valence-corrected chi connectivity index (χ4v) is 4.56. The largest absolute Gasteiger partial charge is 0.496 e. The number of fused-ring (bicyclic) bond motifs is 1. The third-order valence-corrected chi connectivity index (χ3v) is 6.04. The molecule has 1 aromatic carbocycles. The summed E-state index contributed by atoms with van der Waals surface area (Å²) in [7, 11) is 3.40. The molecule has 32 heavy (non-hydrogen) atoms. The van der Waals surface area contributed by atoms with Crippen molar-refractivity contribution in [3.63, 3.8) is 0 Å². The molecular weight excluding hydrogens is 406 g/mol. The molecule has 0 spiro atoms. The first-order valence-corrected chi connectivity index (χ1v) is 11.1. The zero-order chi connectivity index (χ0) is 22.5. The summed E-state index contributed by atoms with van der Waals surface area (Å²) in [6.45, 7) is 5.36. The van der Waals surface area contributed by atoms with E-state index in [4.69, 9.17) is 14.6 Å². The Labute approximate surface area is 188 Å². The van der Waals surface area contributed by atoms with Gasteiger partial charge >= 0.3 is 0 Å². The Bertz CT molecular complexity index is 1060. The Hall–Kier alpha value is -3.13. The number of benzene rings is 1. The first-order chi connectivity index (χ1) is 15.6. The summed E-state index contributed by atoms with van der Waals surface area (Å²) in [6, 6.07) is 9.98. The van der Waals surface area contributed by atoms with E-state index in [9.17, 15) is 4.79 Å². The minimum absolute atomic E-state index is 0.0377. The van der Waals surface area contributed by atoms with Crippen LogP contribution in [0.5, 0.6) is 11.5 Å². The van der Waals surface area contributed by atoms with Crippen LogP contribution in [0.4, 0.5) is 0 Å². The Morgan fingerprint density at radius 2 is 1.97 bits per heavy atom. The SMILES string of the molecule is COc1cccc(OC)c1CN1CCCC(c2nn(CCNC(C)=O)c3ncccc23)C1. The van der Waals surface area contributed by atoms with Crippen LogP contribution in [-0.4, -0.2) is 59.4 Å². The molecule has 3 aromatic rings. The number of hydrogen-bond donors (Lipinski definition) is 1. The molecule has 1 saturated heterocycles. The second kappa shape index (κ2) is 9.99. The van der Waals surface area contributed by atoms with Gasteiger partial charge < -0.3 is 14.8 Å². The van der Waals surface area contributed by atoms with E-state index in [2.05, 4.69) is 21.3 Å². The predicted molar refractivity (Wildman–Crippen MR) is 123 cm³/mol. The van der Waals surface area contributed by atoms with E-state index in [0.29, 0.717) is 19.0 Å². The average molecular weight is 438 g/mol. The van der Waals surface area contributed by atoms with Crippen molar-refractivity contribution in [2.75, 3.05) is 33.9 Å².